The van der Waals surface area contributed by atoms with E-state index in [9.17, 15) is 9.59 Å². The molecule has 0 fully saturated rings. The zero-order valence-electron chi connectivity index (χ0n) is 9.54. The number of carboxylic acids is 1. The number of rotatable bonds is 3. The van der Waals surface area contributed by atoms with Gasteiger partial charge < -0.3 is 9.84 Å². The Kier molecular flexibility index (Phi) is 3.43. The Morgan fingerprint density at radius 3 is 2.39 bits per heavy atom. The summed E-state index contributed by atoms with van der Waals surface area (Å²) in [5.41, 5.74) is 1.76. The molecule has 0 aliphatic rings. The first-order valence-corrected chi connectivity index (χ1v) is 6.01. The van der Waals surface area contributed by atoms with Crippen LogP contribution in [0, 0.1) is 0 Å². The third-order valence-corrected chi connectivity index (χ3v) is 3.37. The number of benzene rings is 1. The van der Waals surface area contributed by atoms with Crippen molar-refractivity contribution in [3.63, 3.8) is 0 Å². The van der Waals surface area contributed by atoms with Gasteiger partial charge in [0.05, 0.1) is 12.7 Å². The Labute approximate surface area is 107 Å². The van der Waals surface area contributed by atoms with Crippen LogP contribution in [0.25, 0.3) is 11.1 Å². The second-order valence-electron chi connectivity index (χ2n) is 3.54. The topological polar surface area (TPSA) is 63.6 Å². The van der Waals surface area contributed by atoms with Crippen LogP contribution in [0.5, 0.6) is 0 Å². The van der Waals surface area contributed by atoms with Crippen molar-refractivity contribution in [2.24, 2.45) is 0 Å². The maximum absolute atomic E-state index is 11.5. The van der Waals surface area contributed by atoms with Crippen LogP contribution < -0.4 is 0 Å². The van der Waals surface area contributed by atoms with E-state index in [2.05, 4.69) is 0 Å². The summed E-state index contributed by atoms with van der Waals surface area (Å²) < 4.78 is 4.70. The minimum atomic E-state index is -0.972. The molecule has 4 nitrogen and oxygen atoms in total. The fourth-order valence-electron chi connectivity index (χ4n) is 1.58. The van der Waals surface area contributed by atoms with Crippen LogP contribution in [0.3, 0.4) is 0 Å². The van der Waals surface area contributed by atoms with Gasteiger partial charge in [0.25, 0.3) is 0 Å². The van der Waals surface area contributed by atoms with Gasteiger partial charge in [-0.1, -0.05) is 12.1 Å². The van der Waals surface area contributed by atoms with Gasteiger partial charge in [-0.2, -0.15) is 0 Å². The Bertz CT molecular complexity index is 583. The van der Waals surface area contributed by atoms with Crippen molar-refractivity contribution < 1.29 is 19.4 Å². The third kappa shape index (κ3) is 2.26. The summed E-state index contributed by atoms with van der Waals surface area (Å²) in [6.07, 6.45) is 0. The summed E-state index contributed by atoms with van der Waals surface area (Å²) >= 11 is 1.30. The average Bonchev–Trinajstić information content (AvgIpc) is 2.87. The summed E-state index contributed by atoms with van der Waals surface area (Å²) in [5.74, 6) is -1.36. The quantitative estimate of drug-likeness (QED) is 0.864. The molecule has 0 bridgehead atoms. The van der Waals surface area contributed by atoms with Crippen LogP contribution in [0.2, 0.25) is 0 Å². The Balaban J connectivity index is 2.40. The van der Waals surface area contributed by atoms with Gasteiger partial charge in [0.1, 0.15) is 4.88 Å². The molecule has 1 heterocycles. The van der Waals surface area contributed by atoms with E-state index in [4.69, 9.17) is 9.84 Å². The highest BCUT2D eigenvalue weighted by Crippen LogP contribution is 2.29. The first-order chi connectivity index (χ1) is 8.63. The van der Waals surface area contributed by atoms with Crippen molar-refractivity contribution in [2.75, 3.05) is 7.11 Å². The molecular weight excluding hydrogens is 252 g/mol. The summed E-state index contributed by atoms with van der Waals surface area (Å²) in [4.78, 5) is 22.8. The number of hydrogen-bond donors (Lipinski definition) is 1. The van der Waals surface area contributed by atoms with Gasteiger partial charge >= 0.3 is 11.9 Å². The molecule has 92 valence electrons. The maximum atomic E-state index is 11.5. The Hall–Kier alpha value is -2.14. The lowest BCUT2D eigenvalue weighted by Crippen LogP contribution is -2.00. The van der Waals surface area contributed by atoms with Gasteiger partial charge in [0.15, 0.2) is 0 Å². The first kappa shape index (κ1) is 12.3. The number of aromatic carboxylic acids is 1. The minimum Gasteiger partial charge on any atom is -0.478 e. The average molecular weight is 262 g/mol. The van der Waals surface area contributed by atoms with Gasteiger partial charge in [-0.25, -0.2) is 9.59 Å². The number of esters is 1. The van der Waals surface area contributed by atoms with E-state index in [0.717, 1.165) is 11.1 Å². The zero-order valence-corrected chi connectivity index (χ0v) is 10.4. The monoisotopic (exact) mass is 262 g/mol. The van der Waals surface area contributed by atoms with E-state index in [-0.39, 0.29) is 11.5 Å². The molecule has 18 heavy (non-hydrogen) atoms. The largest absolute Gasteiger partial charge is 0.478 e. The molecule has 0 aliphatic carbocycles. The number of carbonyl (C=O) groups excluding carboxylic acids is 1. The number of ether oxygens (including phenoxy) is 1. The molecule has 0 saturated heterocycles. The van der Waals surface area contributed by atoms with Crippen LogP contribution in [-0.4, -0.2) is 24.2 Å². The number of carboxylic acid groups (broad SMARTS) is 1. The predicted octanol–water partition coefficient (Wildman–Crippen LogP) is 2.90. The van der Waals surface area contributed by atoms with Crippen LogP contribution in [-0.2, 0) is 4.74 Å². The number of methoxy groups -OCH3 is 1. The van der Waals surface area contributed by atoms with Crippen molar-refractivity contribution in [1.82, 2.24) is 0 Å². The smallest absolute Gasteiger partial charge is 0.348 e. The van der Waals surface area contributed by atoms with Crippen molar-refractivity contribution in [3.8, 4) is 11.1 Å². The van der Waals surface area contributed by atoms with Crippen LogP contribution >= 0.6 is 11.3 Å². The van der Waals surface area contributed by atoms with Crippen molar-refractivity contribution >= 4 is 23.3 Å². The molecule has 0 aliphatic heterocycles. The molecule has 5 heteroatoms. The normalized spacial score (nSPS) is 10.1. The summed E-state index contributed by atoms with van der Waals surface area (Å²) in [6.45, 7) is 0. The maximum Gasteiger partial charge on any atom is 0.348 e. The molecule has 2 rings (SSSR count). The summed E-state index contributed by atoms with van der Waals surface area (Å²) in [5, 5.41) is 10.6. The van der Waals surface area contributed by atoms with Gasteiger partial charge in [-0.05, 0) is 29.1 Å². The molecule has 1 aromatic heterocycles. The van der Waals surface area contributed by atoms with Crippen molar-refractivity contribution in [1.29, 1.82) is 0 Å². The molecule has 1 aromatic carbocycles. The van der Waals surface area contributed by atoms with Gasteiger partial charge in [-0.15, -0.1) is 11.3 Å². The van der Waals surface area contributed by atoms with Crippen molar-refractivity contribution in [2.45, 2.75) is 0 Å². The zero-order chi connectivity index (χ0) is 13.1. The molecule has 1 N–H and O–H groups in total. The lowest BCUT2D eigenvalue weighted by molar-refractivity contribution is 0.0606. The minimum absolute atomic E-state index is 0.216. The molecule has 2 aromatic rings. The van der Waals surface area contributed by atoms with Crippen LogP contribution in [0.1, 0.15) is 20.0 Å². The molecule has 0 unspecified atom stereocenters. The second-order valence-corrected chi connectivity index (χ2v) is 4.45. The van der Waals surface area contributed by atoms with Crippen molar-refractivity contribution in [3.05, 3.63) is 46.2 Å². The predicted molar refractivity (Wildman–Crippen MR) is 68.1 cm³/mol. The number of carbonyl (C=O) groups is 2. The van der Waals surface area contributed by atoms with Gasteiger partial charge in [-0.3, -0.25) is 0 Å². The number of hydrogen-bond acceptors (Lipinski definition) is 4. The summed E-state index contributed by atoms with van der Waals surface area (Å²) in [6, 6.07) is 8.19. The highest BCUT2D eigenvalue weighted by Gasteiger charge is 2.15. The lowest BCUT2D eigenvalue weighted by Gasteiger charge is -2.03. The fourth-order valence-corrected chi connectivity index (χ4v) is 2.41. The first-order valence-electron chi connectivity index (χ1n) is 5.13. The Morgan fingerprint density at radius 2 is 1.83 bits per heavy atom. The third-order valence-electron chi connectivity index (χ3n) is 2.48. The van der Waals surface area contributed by atoms with Gasteiger partial charge in [0.2, 0.25) is 0 Å². The number of thiophene rings is 1. The van der Waals surface area contributed by atoms with E-state index >= 15 is 0 Å². The van der Waals surface area contributed by atoms with Crippen LogP contribution in [0.4, 0.5) is 0 Å². The van der Waals surface area contributed by atoms with E-state index in [1.807, 2.05) is 6.07 Å². The molecule has 0 radical (unpaired) electrons. The standard InChI is InChI=1S/C13H10O4S/c1-17-13(16)11-10(6-7-18-11)8-2-4-9(5-3-8)12(14)15/h2-7H,1H3,(H,14,15). The second kappa shape index (κ2) is 5.01. The highest BCUT2D eigenvalue weighted by atomic mass is 32.1. The SMILES string of the molecule is COC(=O)c1sccc1-c1ccc(C(=O)O)cc1. The molecule has 0 amide bonds. The van der Waals surface area contributed by atoms with E-state index in [1.165, 1.54) is 30.6 Å². The molecular formula is C13H10O4S. The summed E-state index contributed by atoms with van der Waals surface area (Å²) in [7, 11) is 1.33. The van der Waals surface area contributed by atoms with E-state index < -0.39 is 5.97 Å². The fraction of sp³-hybridized carbons (Fsp3) is 0.0769. The van der Waals surface area contributed by atoms with E-state index in [1.54, 1.807) is 17.5 Å². The lowest BCUT2D eigenvalue weighted by atomic mass is 10.0. The Morgan fingerprint density at radius 1 is 1.17 bits per heavy atom. The molecule has 0 atom stereocenters. The molecule has 0 spiro atoms. The van der Waals surface area contributed by atoms with E-state index in [0.29, 0.717) is 4.88 Å². The highest BCUT2D eigenvalue weighted by molar-refractivity contribution is 7.12. The van der Waals surface area contributed by atoms with Crippen LogP contribution in [0.15, 0.2) is 35.7 Å². The van der Waals surface area contributed by atoms with Gasteiger partial charge in [0, 0.05) is 5.56 Å². The molecule has 0 saturated carbocycles.